The lowest BCUT2D eigenvalue weighted by molar-refractivity contribution is 0.0825. The van der Waals surface area contributed by atoms with Gasteiger partial charge in [0.2, 0.25) is 0 Å². The van der Waals surface area contributed by atoms with Crippen LogP contribution in [-0.4, -0.2) is 23.2 Å². The van der Waals surface area contributed by atoms with Crippen molar-refractivity contribution in [1.29, 1.82) is 0 Å². The molecule has 1 fully saturated rings. The van der Waals surface area contributed by atoms with Gasteiger partial charge in [0.25, 0.3) is 5.91 Å². The molecule has 1 aliphatic carbocycles. The van der Waals surface area contributed by atoms with Gasteiger partial charge >= 0.3 is 0 Å². The highest BCUT2D eigenvalue weighted by Crippen LogP contribution is 2.39. The van der Waals surface area contributed by atoms with Gasteiger partial charge in [0.1, 0.15) is 0 Å². The van der Waals surface area contributed by atoms with Crippen molar-refractivity contribution >= 4 is 33.2 Å². The molecule has 1 aliphatic rings. The molecular weight excluding hydrogens is 290 g/mol. The molecule has 0 aromatic carbocycles. The van der Waals surface area contributed by atoms with Gasteiger partial charge in [-0.25, -0.2) is 0 Å². The first-order chi connectivity index (χ1) is 7.55. The fourth-order valence-electron chi connectivity index (χ4n) is 1.75. The summed E-state index contributed by atoms with van der Waals surface area (Å²) >= 11 is 4.81. The molecule has 5 heteroatoms. The number of thiophene rings is 1. The van der Waals surface area contributed by atoms with Crippen LogP contribution in [0.2, 0.25) is 0 Å². The number of amides is 1. The average Bonchev–Trinajstić information content (AvgIpc) is 3.02. The Labute approximate surface area is 107 Å². The summed E-state index contributed by atoms with van der Waals surface area (Å²) in [5.41, 5.74) is 0.183. The Morgan fingerprint density at radius 2 is 2.44 bits per heavy atom. The SMILES string of the molecule is CC(CO)(NC(=O)c1csc(Br)c1)C1CC1. The van der Waals surface area contributed by atoms with Crippen molar-refractivity contribution in [3.8, 4) is 0 Å². The van der Waals surface area contributed by atoms with Gasteiger partial charge in [0.15, 0.2) is 0 Å². The lowest BCUT2D eigenvalue weighted by Gasteiger charge is -2.28. The van der Waals surface area contributed by atoms with Crippen LogP contribution in [0, 0.1) is 5.92 Å². The molecular formula is C11H14BrNO2S. The van der Waals surface area contributed by atoms with E-state index in [1.807, 2.05) is 12.3 Å². The van der Waals surface area contributed by atoms with Gasteiger partial charge < -0.3 is 10.4 Å². The van der Waals surface area contributed by atoms with Crippen LogP contribution in [0.4, 0.5) is 0 Å². The van der Waals surface area contributed by atoms with Crippen LogP contribution in [0.3, 0.4) is 0 Å². The van der Waals surface area contributed by atoms with Crippen LogP contribution in [-0.2, 0) is 0 Å². The van der Waals surface area contributed by atoms with E-state index in [0.717, 1.165) is 16.6 Å². The minimum absolute atomic E-state index is 0.00524. The van der Waals surface area contributed by atoms with Gasteiger partial charge in [-0.2, -0.15) is 0 Å². The van der Waals surface area contributed by atoms with E-state index in [1.165, 1.54) is 11.3 Å². The third-order valence-electron chi connectivity index (χ3n) is 3.04. The minimum atomic E-state index is -0.467. The van der Waals surface area contributed by atoms with E-state index in [2.05, 4.69) is 21.2 Å². The first-order valence-electron chi connectivity index (χ1n) is 5.22. The molecule has 1 saturated carbocycles. The number of hydrogen-bond donors (Lipinski definition) is 2. The van der Waals surface area contributed by atoms with E-state index < -0.39 is 5.54 Å². The van der Waals surface area contributed by atoms with Crippen molar-refractivity contribution in [2.45, 2.75) is 25.3 Å². The molecule has 1 unspecified atom stereocenters. The van der Waals surface area contributed by atoms with Crippen molar-refractivity contribution in [1.82, 2.24) is 5.32 Å². The zero-order valence-corrected chi connectivity index (χ0v) is 11.4. The molecule has 3 nitrogen and oxygen atoms in total. The predicted molar refractivity (Wildman–Crippen MR) is 67.7 cm³/mol. The molecule has 1 amide bonds. The molecule has 0 saturated heterocycles. The minimum Gasteiger partial charge on any atom is -0.394 e. The first-order valence-corrected chi connectivity index (χ1v) is 6.90. The van der Waals surface area contributed by atoms with Crippen LogP contribution in [0.5, 0.6) is 0 Å². The third-order valence-corrected chi connectivity index (χ3v) is 4.54. The first kappa shape index (κ1) is 12.1. The number of aliphatic hydroxyl groups is 1. The molecule has 1 aromatic rings. The zero-order chi connectivity index (χ0) is 11.8. The van der Waals surface area contributed by atoms with E-state index in [4.69, 9.17) is 0 Å². The Morgan fingerprint density at radius 3 is 2.88 bits per heavy atom. The fourth-order valence-corrected chi connectivity index (χ4v) is 2.89. The molecule has 88 valence electrons. The van der Waals surface area contributed by atoms with E-state index in [0.29, 0.717) is 11.5 Å². The fraction of sp³-hybridized carbons (Fsp3) is 0.545. The summed E-state index contributed by atoms with van der Waals surface area (Å²) < 4.78 is 0.940. The lowest BCUT2D eigenvalue weighted by Crippen LogP contribution is -2.50. The molecule has 0 bridgehead atoms. The van der Waals surface area contributed by atoms with E-state index in [-0.39, 0.29) is 12.5 Å². The summed E-state index contributed by atoms with van der Waals surface area (Å²) in [5, 5.41) is 14.1. The second-order valence-corrected chi connectivity index (χ2v) is 6.73. The third kappa shape index (κ3) is 2.47. The van der Waals surface area contributed by atoms with E-state index in [9.17, 15) is 9.90 Å². The quantitative estimate of drug-likeness (QED) is 0.897. The van der Waals surface area contributed by atoms with Crippen molar-refractivity contribution in [2.24, 2.45) is 5.92 Å². The highest BCUT2D eigenvalue weighted by atomic mass is 79.9. The Kier molecular flexibility index (Phi) is 3.37. The maximum absolute atomic E-state index is 11.9. The topological polar surface area (TPSA) is 49.3 Å². The van der Waals surface area contributed by atoms with Gasteiger partial charge in [-0.05, 0) is 47.7 Å². The molecule has 1 aromatic heterocycles. The van der Waals surface area contributed by atoms with Crippen molar-refractivity contribution in [2.75, 3.05) is 6.61 Å². The van der Waals surface area contributed by atoms with Crippen LogP contribution in [0.15, 0.2) is 15.2 Å². The monoisotopic (exact) mass is 303 g/mol. The van der Waals surface area contributed by atoms with Gasteiger partial charge in [0, 0.05) is 5.38 Å². The highest BCUT2D eigenvalue weighted by Gasteiger charge is 2.42. The summed E-state index contributed by atoms with van der Waals surface area (Å²) in [4.78, 5) is 11.9. The number of carbonyl (C=O) groups is 1. The molecule has 0 spiro atoms. The van der Waals surface area contributed by atoms with Crippen LogP contribution >= 0.6 is 27.3 Å². The van der Waals surface area contributed by atoms with Crippen molar-refractivity contribution < 1.29 is 9.90 Å². The average molecular weight is 304 g/mol. The largest absolute Gasteiger partial charge is 0.394 e. The molecule has 0 radical (unpaired) electrons. The van der Waals surface area contributed by atoms with Gasteiger partial charge in [-0.3, -0.25) is 4.79 Å². The maximum atomic E-state index is 11.9. The van der Waals surface area contributed by atoms with E-state index >= 15 is 0 Å². The molecule has 0 aliphatic heterocycles. The summed E-state index contributed by atoms with van der Waals surface area (Å²) in [6.45, 7) is 1.90. The van der Waals surface area contributed by atoms with Gasteiger partial charge in [0.05, 0.1) is 21.5 Å². The summed E-state index contributed by atoms with van der Waals surface area (Å²) in [5.74, 6) is 0.314. The summed E-state index contributed by atoms with van der Waals surface area (Å²) in [6, 6.07) is 1.80. The van der Waals surface area contributed by atoms with Crippen LogP contribution in [0.25, 0.3) is 0 Å². The summed E-state index contributed by atoms with van der Waals surface area (Å²) in [6.07, 6.45) is 2.18. The summed E-state index contributed by atoms with van der Waals surface area (Å²) in [7, 11) is 0. The molecule has 2 rings (SSSR count). The maximum Gasteiger partial charge on any atom is 0.252 e. The molecule has 16 heavy (non-hydrogen) atoms. The number of halogens is 1. The zero-order valence-electron chi connectivity index (χ0n) is 9.00. The Bertz CT molecular complexity index is 402. The van der Waals surface area contributed by atoms with Crippen LogP contribution < -0.4 is 5.32 Å². The van der Waals surface area contributed by atoms with Crippen molar-refractivity contribution in [3.63, 3.8) is 0 Å². The second kappa shape index (κ2) is 4.47. The van der Waals surface area contributed by atoms with Gasteiger partial charge in [-0.1, -0.05) is 0 Å². The van der Waals surface area contributed by atoms with Crippen LogP contribution in [0.1, 0.15) is 30.1 Å². The number of carbonyl (C=O) groups excluding carboxylic acids is 1. The number of aliphatic hydroxyl groups excluding tert-OH is 1. The Hall–Kier alpha value is -0.390. The lowest BCUT2D eigenvalue weighted by atomic mass is 9.96. The highest BCUT2D eigenvalue weighted by molar-refractivity contribution is 9.11. The molecule has 2 N–H and O–H groups in total. The molecule has 1 heterocycles. The number of rotatable bonds is 4. The smallest absolute Gasteiger partial charge is 0.252 e. The molecule has 1 atom stereocenters. The Balaban J connectivity index is 2.06. The second-order valence-electron chi connectivity index (χ2n) is 4.44. The predicted octanol–water partition coefficient (Wildman–Crippen LogP) is 2.40. The number of hydrogen-bond acceptors (Lipinski definition) is 3. The van der Waals surface area contributed by atoms with Crippen molar-refractivity contribution in [3.05, 3.63) is 20.8 Å². The van der Waals surface area contributed by atoms with E-state index in [1.54, 1.807) is 6.07 Å². The van der Waals surface area contributed by atoms with Gasteiger partial charge in [-0.15, -0.1) is 11.3 Å². The normalized spacial score (nSPS) is 19.2. The number of nitrogens with one attached hydrogen (secondary N) is 1. The standard InChI is InChI=1S/C11H14BrNO2S/c1-11(6-14,8-2-3-8)13-10(15)7-4-9(12)16-5-7/h4-5,8,14H,2-3,6H2,1H3,(H,13,15). The Morgan fingerprint density at radius 1 is 1.75 bits per heavy atom.